The summed E-state index contributed by atoms with van der Waals surface area (Å²) in [6, 6.07) is 43.2. The van der Waals surface area contributed by atoms with E-state index in [0.29, 0.717) is 178 Å². The molecule has 4 aromatic heterocycles. The van der Waals surface area contributed by atoms with Crippen LogP contribution in [0.4, 0.5) is 22.0 Å². The average molecular weight is 2170 g/mol. The molecule has 0 atom stereocenters. The van der Waals surface area contributed by atoms with Gasteiger partial charge in [0.2, 0.25) is 35.4 Å². The Morgan fingerprint density at radius 3 is 1.03 bits per heavy atom. The Morgan fingerprint density at radius 2 is 0.705 bits per heavy atom. The molecule has 10 bridgehead atoms. The van der Waals surface area contributed by atoms with Gasteiger partial charge in [-0.25, -0.2) is 13.8 Å². The van der Waals surface area contributed by atoms with E-state index in [1.54, 1.807) is 91.0 Å². The average Bonchev–Trinajstić information content (AvgIpc) is 0.693. The lowest BCUT2D eigenvalue weighted by Crippen LogP contribution is -2.78. The molecule has 15 fully saturated rings. The third-order valence-electron chi connectivity index (χ3n) is 28.9. The first-order valence-corrected chi connectivity index (χ1v) is 50.4. The molecule has 31 nitrogen and oxygen atoms in total. The highest BCUT2D eigenvalue weighted by molar-refractivity contribution is 6.42. The first-order chi connectivity index (χ1) is 70.7. The number of hydrogen-bond donors (Lipinski definition) is 10. The zero-order valence-corrected chi connectivity index (χ0v) is 86.7. The fourth-order valence-electron chi connectivity index (χ4n) is 21.7. The lowest BCUT2D eigenvalue weighted by Gasteiger charge is -2.69. The normalized spacial score (nSPS) is 23.9. The van der Waals surface area contributed by atoms with Crippen LogP contribution in [0.1, 0.15) is 152 Å². The van der Waals surface area contributed by atoms with Crippen LogP contribution in [-0.4, -0.2) is 158 Å². The highest BCUT2D eigenvalue weighted by Gasteiger charge is 2.76. The summed E-state index contributed by atoms with van der Waals surface area (Å²) in [5.74, 6) is 0.196. The smallest absolute Gasteiger partial charge is 0.416 e. The van der Waals surface area contributed by atoms with Crippen LogP contribution in [0.3, 0.4) is 0 Å². The van der Waals surface area contributed by atoms with Crippen molar-refractivity contribution in [3.63, 3.8) is 0 Å². The SMILES string of the molecule is COc1ccc(CNC(=O)C23CC(NC(=O)COc4ccc(Cl)c(F)c4)(C2)C3)cn1.Cc1cc(CNC(=O)C23CC(NC(=O)COc4ccc(Cl)c(Cl)c4)(C2)C3)n(C)n1.Cc1cc(OCC(=O)NC23CC(C(=O)NCCc4ccccn4)(C2)C3)ccc1Cl.Cc1cc(OCC(=O)NC23CC(C(=O)NCc4ccc(C(F)(F)F)cc4)(C2)C3)ccc1Cl.Cc1ccc(CNC(=O)C23CC(NC(=O)COc4ccc(Cl)c(F)c4)(C2)C3)cn1. The summed E-state index contributed by atoms with van der Waals surface area (Å²) in [6.45, 7) is 8.85. The zero-order valence-electron chi connectivity index (χ0n) is 82.1. The second-order valence-electron chi connectivity index (χ2n) is 40.9. The number of hydrogen-bond acceptors (Lipinski definition) is 20. The summed E-state index contributed by atoms with van der Waals surface area (Å²) in [7, 11) is 3.41. The van der Waals surface area contributed by atoms with E-state index >= 15 is 0 Å². The second-order valence-corrected chi connectivity index (χ2v) is 43.3. The molecule has 10 N–H and O–H groups in total. The van der Waals surface area contributed by atoms with Crippen LogP contribution in [0.15, 0.2) is 182 Å². The molecule has 786 valence electrons. The number of nitrogens with one attached hydrogen (secondary N) is 10. The number of carbonyl (C=O) groups is 10. The zero-order chi connectivity index (χ0) is 106. The Morgan fingerprint density at radius 1 is 0.362 bits per heavy atom. The maximum Gasteiger partial charge on any atom is 0.416 e. The number of alkyl halides is 3. The van der Waals surface area contributed by atoms with E-state index in [9.17, 15) is 69.9 Å². The molecule has 15 aliphatic carbocycles. The van der Waals surface area contributed by atoms with Crippen molar-refractivity contribution < 1.29 is 98.3 Å². The van der Waals surface area contributed by atoms with Crippen LogP contribution >= 0.6 is 69.6 Å². The quantitative estimate of drug-likeness (QED) is 0.0162. The Balaban J connectivity index is 0.000000133. The Hall–Kier alpha value is -13.1. The molecule has 0 unspecified atom stereocenters. The predicted octanol–water partition coefficient (Wildman–Crippen LogP) is 15.5. The molecule has 4 heterocycles. The number of amides is 10. The van der Waals surface area contributed by atoms with Gasteiger partial charge in [-0.3, -0.25) is 62.6 Å². The van der Waals surface area contributed by atoms with E-state index in [0.717, 1.165) is 69.3 Å². The summed E-state index contributed by atoms with van der Waals surface area (Å²) < 4.78 is 98.6. The number of rotatable bonds is 37. The van der Waals surface area contributed by atoms with Crippen LogP contribution in [-0.2, 0) is 93.8 Å². The molecule has 10 aromatic rings. The van der Waals surface area contributed by atoms with E-state index in [1.807, 2.05) is 77.2 Å². The van der Waals surface area contributed by atoms with Gasteiger partial charge in [0.05, 0.1) is 77.8 Å². The number of aryl methyl sites for hydroxylation is 5. The van der Waals surface area contributed by atoms with Crippen molar-refractivity contribution in [3.8, 4) is 34.6 Å². The van der Waals surface area contributed by atoms with Crippen molar-refractivity contribution in [2.75, 3.05) is 46.7 Å². The Labute approximate surface area is 885 Å². The van der Waals surface area contributed by atoms with Crippen molar-refractivity contribution in [2.45, 2.75) is 190 Å². The minimum absolute atomic E-state index is 0.00196. The van der Waals surface area contributed by atoms with Crippen LogP contribution in [0.25, 0.3) is 0 Å². The topological polar surface area (TPSA) is 403 Å². The van der Waals surface area contributed by atoms with E-state index in [2.05, 4.69) is 73.2 Å². The van der Waals surface area contributed by atoms with Crippen LogP contribution < -0.4 is 81.6 Å². The van der Waals surface area contributed by atoms with Gasteiger partial charge < -0.3 is 81.6 Å². The van der Waals surface area contributed by atoms with Gasteiger partial charge in [0.1, 0.15) is 40.4 Å². The van der Waals surface area contributed by atoms with E-state index in [-0.39, 0.29) is 164 Å². The van der Waals surface area contributed by atoms with Gasteiger partial charge in [0, 0.05) is 132 Å². The minimum Gasteiger partial charge on any atom is -0.484 e. The molecule has 10 amide bonds. The number of aromatic nitrogens is 5. The molecule has 6 aromatic carbocycles. The number of pyridine rings is 3. The first kappa shape index (κ1) is 109. The van der Waals surface area contributed by atoms with E-state index in [1.165, 1.54) is 36.4 Å². The molecule has 15 aliphatic rings. The van der Waals surface area contributed by atoms with Gasteiger partial charge >= 0.3 is 6.18 Å². The van der Waals surface area contributed by atoms with Gasteiger partial charge in [0.25, 0.3) is 29.5 Å². The molecule has 0 spiro atoms. The molecule has 0 aliphatic heterocycles. The van der Waals surface area contributed by atoms with Crippen LogP contribution in [0.2, 0.25) is 30.1 Å². The van der Waals surface area contributed by atoms with Crippen molar-refractivity contribution in [3.05, 3.63) is 280 Å². The van der Waals surface area contributed by atoms with E-state index < -0.39 is 34.2 Å². The lowest BCUT2D eigenvalue weighted by molar-refractivity contribution is -0.184. The number of benzene rings is 6. The largest absolute Gasteiger partial charge is 0.484 e. The Bertz CT molecular complexity index is 6670. The highest BCUT2D eigenvalue weighted by atomic mass is 35.5. The number of carbonyl (C=O) groups excluding carboxylic acids is 10. The van der Waals surface area contributed by atoms with Gasteiger partial charge in [-0.05, 0) is 261 Å². The van der Waals surface area contributed by atoms with Gasteiger partial charge in [0.15, 0.2) is 33.0 Å². The summed E-state index contributed by atoms with van der Waals surface area (Å²) >= 11 is 35.0. The maximum absolute atomic E-state index is 13.4. The Kier molecular flexibility index (Phi) is 32.2. The highest BCUT2D eigenvalue weighted by Crippen LogP contribution is 2.71. The fraction of sp³-hybridized carbons (Fsp3) is 0.402. The molecule has 149 heavy (non-hydrogen) atoms. The molecule has 0 saturated heterocycles. The molecule has 15 saturated carbocycles. The van der Waals surface area contributed by atoms with Crippen molar-refractivity contribution >= 4 is 129 Å². The second kappa shape index (κ2) is 44.2. The number of ether oxygens (including phenoxy) is 6. The number of methoxy groups -OCH3 is 1. The van der Waals surface area contributed by atoms with Crippen LogP contribution in [0.5, 0.6) is 34.6 Å². The maximum atomic E-state index is 13.4. The molecular weight excluding hydrogens is 2060 g/mol. The van der Waals surface area contributed by atoms with Gasteiger partial charge in [-0.2, -0.15) is 18.3 Å². The van der Waals surface area contributed by atoms with Crippen molar-refractivity contribution in [1.29, 1.82) is 0 Å². The van der Waals surface area contributed by atoms with E-state index in [4.69, 9.17) is 98.0 Å². The molecular formula is C107H110Cl6F5N15O16. The number of halogens is 11. The molecule has 0 radical (unpaired) electrons. The summed E-state index contributed by atoms with van der Waals surface area (Å²) in [6.07, 6.45) is 10.9. The third kappa shape index (κ3) is 25.5. The van der Waals surface area contributed by atoms with Crippen LogP contribution in [0, 0.1) is 66.4 Å². The van der Waals surface area contributed by atoms with Gasteiger partial charge in [-0.1, -0.05) is 99.9 Å². The summed E-state index contributed by atoms with van der Waals surface area (Å²) in [4.78, 5) is 136. The van der Waals surface area contributed by atoms with Crippen molar-refractivity contribution in [1.82, 2.24) is 77.9 Å². The monoisotopic (exact) mass is 2170 g/mol. The van der Waals surface area contributed by atoms with Gasteiger partial charge in [-0.15, -0.1) is 0 Å². The minimum atomic E-state index is -4.38. The standard InChI is InChI=1S/C23H22ClF3N2O3.C22H24ClN3O3.C21H21ClFN3O4.C21H21ClFN3O3.C20H22Cl2N4O3/c1-14-8-17(6-7-18(14)24)32-10-19(30)29-22-11-21(12-22,13-22)20(31)28-9-15-2-4-16(5-3-15)23(25,26)27;1-15-10-17(5-6-18(15)23)29-11-19(27)26-22-12-21(13-22,14-22)20(28)25-9-7-16-4-2-3-8-24-16;1-29-18-5-2-13(7-24-18)8-25-19(28)20-10-21(11-20,12-20)26-17(27)9-30-14-3-4-15(22)16(23)6-14;1-13-2-3-14(7-24-13)8-25-19(28)20-10-21(11-20,12-20)26-18(27)9-29-15-4-5-16(22)17(23)6-15;1-12-5-13(26(2)25-12)7-23-18(28)19-9-20(10-19,11-19)24-17(27)8-29-14-3-4-15(21)16(22)6-14/h2-8H,9-13H2,1H3,(H,28,31)(H,29,30);2-6,8,10H,7,9,11-14H2,1H3,(H,25,28)(H,26,27);2-7H,8-12H2,1H3,(H,25,28)(H,26,27);2-7H,8-12H2,1H3,(H,25,28)(H,26,27);3-6H,7-11H2,1-2H3,(H,23,28)(H,24,27). The fourth-order valence-corrected chi connectivity index (χ4v) is 22.5. The summed E-state index contributed by atoms with van der Waals surface area (Å²) in [5.41, 5.74) is 3.72. The molecule has 42 heteroatoms. The summed E-state index contributed by atoms with van der Waals surface area (Å²) in [5, 5.41) is 35.9. The first-order valence-electron chi connectivity index (χ1n) is 48.2. The van der Waals surface area contributed by atoms with Crippen molar-refractivity contribution in [2.24, 2.45) is 34.1 Å². The number of nitrogens with zero attached hydrogens (tertiary/aromatic N) is 5. The predicted molar refractivity (Wildman–Crippen MR) is 542 cm³/mol. The third-order valence-corrected chi connectivity index (χ3v) is 31.1. The molecule has 25 rings (SSSR count). The lowest BCUT2D eigenvalue weighted by atomic mass is 9.39.